The van der Waals surface area contributed by atoms with Gasteiger partial charge in [-0.2, -0.15) is 0 Å². The van der Waals surface area contributed by atoms with Crippen LogP contribution in [-0.2, 0) is 9.53 Å². The fraction of sp³-hybridized carbons (Fsp3) is 0.333. The van der Waals surface area contributed by atoms with E-state index in [1.807, 2.05) is 30.3 Å². The van der Waals surface area contributed by atoms with Crippen LogP contribution in [0.5, 0.6) is 0 Å². The van der Waals surface area contributed by atoms with Gasteiger partial charge in [0.05, 0.1) is 23.4 Å². The fourth-order valence-corrected chi connectivity index (χ4v) is 3.46. The van der Waals surface area contributed by atoms with Crippen molar-refractivity contribution in [2.45, 2.75) is 19.1 Å². The number of nitrogens with zero attached hydrogens (tertiary/aromatic N) is 4. The Balaban J connectivity index is 1.60. The minimum absolute atomic E-state index is 0.0333. The summed E-state index contributed by atoms with van der Waals surface area (Å²) >= 11 is 0. The number of ether oxygens (including phenoxy) is 1. The van der Waals surface area contributed by atoms with E-state index in [9.17, 15) is 9.59 Å². The van der Waals surface area contributed by atoms with E-state index in [4.69, 9.17) is 4.74 Å². The number of aromatic nitrogens is 2. The molecular weight excluding hydrogens is 320 g/mol. The van der Waals surface area contributed by atoms with Gasteiger partial charge in [-0.25, -0.2) is 9.97 Å². The Labute approximate surface area is 145 Å². The van der Waals surface area contributed by atoms with Gasteiger partial charge in [0.2, 0.25) is 0 Å². The molecule has 0 saturated carbocycles. The van der Waals surface area contributed by atoms with Crippen LogP contribution in [0.2, 0.25) is 0 Å². The van der Waals surface area contributed by atoms with Gasteiger partial charge in [0.15, 0.2) is 0 Å². The molecule has 2 aliphatic rings. The highest BCUT2D eigenvalue weighted by Crippen LogP contribution is 2.29. The summed E-state index contributed by atoms with van der Waals surface area (Å²) in [5.41, 5.74) is 1.96. The first-order chi connectivity index (χ1) is 12.1. The average Bonchev–Trinajstić information content (AvgIpc) is 3.06. The van der Waals surface area contributed by atoms with Crippen molar-refractivity contribution >= 4 is 17.5 Å². The molecule has 2 fully saturated rings. The average molecular weight is 338 g/mol. The molecule has 2 amide bonds. The van der Waals surface area contributed by atoms with Crippen LogP contribution in [0.4, 0.5) is 5.69 Å². The van der Waals surface area contributed by atoms with Crippen LogP contribution in [-0.4, -0.2) is 58.5 Å². The number of hydrogen-bond acceptors (Lipinski definition) is 5. The first-order valence-electron chi connectivity index (χ1n) is 8.20. The van der Waals surface area contributed by atoms with Gasteiger partial charge >= 0.3 is 0 Å². The molecule has 0 spiro atoms. The largest absolute Gasteiger partial charge is 0.364 e. The van der Waals surface area contributed by atoms with E-state index >= 15 is 0 Å². The first kappa shape index (κ1) is 15.7. The molecule has 0 aliphatic carbocycles. The first-order valence-corrected chi connectivity index (χ1v) is 8.20. The number of para-hydroxylation sites is 1. The number of morpholine rings is 1. The third kappa shape index (κ3) is 2.76. The van der Waals surface area contributed by atoms with Crippen molar-refractivity contribution in [2.75, 3.05) is 24.6 Å². The molecule has 2 saturated heterocycles. The molecule has 25 heavy (non-hydrogen) atoms. The second kappa shape index (κ2) is 6.25. The summed E-state index contributed by atoms with van der Waals surface area (Å²) in [5, 5.41) is 0. The van der Waals surface area contributed by atoms with E-state index < -0.39 is 0 Å². The Bertz CT molecular complexity index is 811. The molecule has 128 valence electrons. The molecule has 3 heterocycles. The summed E-state index contributed by atoms with van der Waals surface area (Å²) in [5.74, 6) is -0.211. The Morgan fingerprint density at radius 1 is 1.24 bits per heavy atom. The predicted molar refractivity (Wildman–Crippen MR) is 90.1 cm³/mol. The maximum atomic E-state index is 12.8. The molecule has 7 heteroatoms. The molecule has 1 aromatic carbocycles. The normalized spacial score (nSPS) is 22.8. The van der Waals surface area contributed by atoms with Gasteiger partial charge < -0.3 is 14.5 Å². The lowest BCUT2D eigenvalue weighted by atomic mass is 10.1. The van der Waals surface area contributed by atoms with Crippen LogP contribution < -0.4 is 4.90 Å². The molecule has 1 aromatic heterocycles. The molecule has 0 N–H and O–H groups in total. The maximum Gasteiger partial charge on any atom is 0.257 e. The number of hydrogen-bond donors (Lipinski definition) is 0. The van der Waals surface area contributed by atoms with E-state index in [0.29, 0.717) is 24.3 Å². The van der Waals surface area contributed by atoms with Crippen molar-refractivity contribution in [3.63, 3.8) is 0 Å². The monoisotopic (exact) mass is 338 g/mol. The number of likely N-dealkylation sites (tertiary alicyclic amines) is 1. The summed E-state index contributed by atoms with van der Waals surface area (Å²) in [7, 11) is 0. The number of aryl methyl sites for hydroxylation is 1. The number of benzene rings is 1. The maximum absolute atomic E-state index is 12.8. The van der Waals surface area contributed by atoms with Crippen LogP contribution in [0.3, 0.4) is 0 Å². The standard InChI is InChI=1S/C18H18N4O3/c1-12-14(7-19-11-20-12)18(24)21-8-15-16(9-21)25-10-17(23)22(15)13-5-3-2-4-6-13/h2-7,11,15-16H,8-10H2,1H3/t15-,16-/m0/s1. The Morgan fingerprint density at radius 2 is 2.04 bits per heavy atom. The van der Waals surface area contributed by atoms with Crippen molar-refractivity contribution in [3.8, 4) is 0 Å². The Kier molecular flexibility index (Phi) is 3.93. The molecule has 0 bridgehead atoms. The van der Waals surface area contributed by atoms with Gasteiger partial charge in [-0.05, 0) is 19.1 Å². The summed E-state index contributed by atoms with van der Waals surface area (Å²) in [6, 6.07) is 9.33. The lowest BCUT2D eigenvalue weighted by molar-refractivity contribution is -0.130. The Morgan fingerprint density at radius 3 is 2.80 bits per heavy atom. The molecule has 2 atom stereocenters. The lowest BCUT2D eigenvalue weighted by Gasteiger charge is -2.36. The van der Waals surface area contributed by atoms with Gasteiger partial charge in [-0.15, -0.1) is 0 Å². The molecule has 7 nitrogen and oxygen atoms in total. The number of anilines is 1. The third-order valence-corrected chi connectivity index (χ3v) is 4.72. The summed E-state index contributed by atoms with van der Waals surface area (Å²) in [4.78, 5) is 36.7. The van der Waals surface area contributed by atoms with E-state index in [2.05, 4.69) is 9.97 Å². The zero-order valence-electron chi connectivity index (χ0n) is 13.8. The second-order valence-corrected chi connectivity index (χ2v) is 6.25. The number of carbonyl (C=O) groups is 2. The summed E-state index contributed by atoms with van der Waals surface area (Å²) < 4.78 is 5.70. The second-order valence-electron chi connectivity index (χ2n) is 6.25. The van der Waals surface area contributed by atoms with Gasteiger partial charge in [-0.1, -0.05) is 18.2 Å². The Hall–Kier alpha value is -2.80. The van der Waals surface area contributed by atoms with Gasteiger partial charge in [0, 0.05) is 25.0 Å². The van der Waals surface area contributed by atoms with E-state index in [-0.39, 0.29) is 30.6 Å². The smallest absolute Gasteiger partial charge is 0.257 e. The van der Waals surface area contributed by atoms with Gasteiger partial charge in [0.1, 0.15) is 12.9 Å². The zero-order valence-corrected chi connectivity index (χ0v) is 13.8. The number of rotatable bonds is 2. The van der Waals surface area contributed by atoms with Gasteiger partial charge in [0.25, 0.3) is 11.8 Å². The SMILES string of the molecule is Cc1ncncc1C(=O)N1C[C@@H]2OCC(=O)N(c3ccccc3)[C@H]2C1. The van der Waals surface area contributed by atoms with Crippen LogP contribution in [0, 0.1) is 6.92 Å². The van der Waals surface area contributed by atoms with Crippen LogP contribution in [0.15, 0.2) is 42.9 Å². The fourth-order valence-electron chi connectivity index (χ4n) is 3.46. The van der Waals surface area contributed by atoms with Crippen molar-refractivity contribution in [1.82, 2.24) is 14.9 Å². The third-order valence-electron chi connectivity index (χ3n) is 4.72. The molecular formula is C18H18N4O3. The predicted octanol–water partition coefficient (Wildman–Crippen LogP) is 1.04. The minimum Gasteiger partial charge on any atom is -0.364 e. The van der Waals surface area contributed by atoms with E-state index in [1.54, 1.807) is 16.7 Å². The quantitative estimate of drug-likeness (QED) is 0.818. The van der Waals surface area contributed by atoms with Gasteiger partial charge in [-0.3, -0.25) is 9.59 Å². The van der Waals surface area contributed by atoms with Crippen LogP contribution >= 0.6 is 0 Å². The molecule has 0 unspecified atom stereocenters. The zero-order chi connectivity index (χ0) is 17.4. The molecule has 0 radical (unpaired) electrons. The topological polar surface area (TPSA) is 75.6 Å². The van der Waals surface area contributed by atoms with E-state index in [0.717, 1.165) is 5.69 Å². The van der Waals surface area contributed by atoms with Crippen molar-refractivity contribution < 1.29 is 14.3 Å². The number of amides is 2. The molecule has 2 aliphatic heterocycles. The summed E-state index contributed by atoms with van der Waals surface area (Å²) in [6.07, 6.45) is 2.77. The highest BCUT2D eigenvalue weighted by Gasteiger charge is 2.45. The summed E-state index contributed by atoms with van der Waals surface area (Å²) in [6.45, 7) is 2.70. The number of fused-ring (bicyclic) bond motifs is 1. The lowest BCUT2D eigenvalue weighted by Crippen LogP contribution is -2.54. The number of carbonyl (C=O) groups excluding carboxylic acids is 2. The highest BCUT2D eigenvalue weighted by molar-refractivity contribution is 5.97. The van der Waals surface area contributed by atoms with Crippen molar-refractivity contribution in [1.29, 1.82) is 0 Å². The molecule has 2 aromatic rings. The highest BCUT2D eigenvalue weighted by atomic mass is 16.5. The van der Waals surface area contributed by atoms with E-state index in [1.165, 1.54) is 12.5 Å². The van der Waals surface area contributed by atoms with Crippen LogP contribution in [0.1, 0.15) is 16.1 Å². The van der Waals surface area contributed by atoms with Crippen LogP contribution in [0.25, 0.3) is 0 Å². The van der Waals surface area contributed by atoms with Crippen molar-refractivity contribution in [2.24, 2.45) is 0 Å². The minimum atomic E-state index is -0.188. The van der Waals surface area contributed by atoms with Crippen molar-refractivity contribution in [3.05, 3.63) is 54.1 Å². The molecule has 4 rings (SSSR count).